The summed E-state index contributed by atoms with van der Waals surface area (Å²) in [6.07, 6.45) is -0.898. The summed E-state index contributed by atoms with van der Waals surface area (Å²) in [6, 6.07) is 15.5. The molecule has 0 aliphatic rings. The number of rotatable bonds is 5. The standard InChI is InChI=1S/C18H19NO4/c1-13(17(21)19(2)16-6-4-3-5-7-16)23-18(22)15-10-8-14(12-20)9-11-15/h3-11,13,20H,12H2,1-2H3. The number of amides is 1. The third-order valence-electron chi connectivity index (χ3n) is 3.48. The fourth-order valence-electron chi connectivity index (χ4n) is 2.08. The molecule has 0 aliphatic carbocycles. The molecule has 0 heterocycles. The van der Waals surface area contributed by atoms with Gasteiger partial charge in [0, 0.05) is 12.7 Å². The average molecular weight is 313 g/mol. The van der Waals surface area contributed by atoms with Crippen molar-refractivity contribution in [3.8, 4) is 0 Å². The largest absolute Gasteiger partial charge is 0.449 e. The summed E-state index contributed by atoms with van der Waals surface area (Å²) in [5, 5.41) is 8.99. The Balaban J connectivity index is 2.01. The van der Waals surface area contributed by atoms with Gasteiger partial charge in [0.1, 0.15) is 0 Å². The predicted molar refractivity (Wildman–Crippen MR) is 87.1 cm³/mol. The Morgan fingerprint density at radius 2 is 1.70 bits per heavy atom. The van der Waals surface area contributed by atoms with E-state index in [0.717, 1.165) is 5.69 Å². The molecule has 2 rings (SSSR count). The topological polar surface area (TPSA) is 66.8 Å². The van der Waals surface area contributed by atoms with E-state index in [1.807, 2.05) is 18.2 Å². The average Bonchev–Trinajstić information content (AvgIpc) is 2.61. The van der Waals surface area contributed by atoms with Gasteiger partial charge in [-0.3, -0.25) is 4.79 Å². The van der Waals surface area contributed by atoms with Gasteiger partial charge < -0.3 is 14.7 Å². The first-order valence-corrected chi connectivity index (χ1v) is 7.26. The van der Waals surface area contributed by atoms with Crippen molar-refractivity contribution in [2.24, 2.45) is 0 Å². The molecule has 1 atom stereocenters. The van der Waals surface area contributed by atoms with Crippen molar-refractivity contribution in [3.05, 3.63) is 65.7 Å². The zero-order chi connectivity index (χ0) is 16.8. The summed E-state index contributed by atoms with van der Waals surface area (Å²) in [7, 11) is 1.64. The van der Waals surface area contributed by atoms with Crippen molar-refractivity contribution in [1.82, 2.24) is 0 Å². The maximum atomic E-state index is 12.3. The van der Waals surface area contributed by atoms with Crippen molar-refractivity contribution in [3.63, 3.8) is 0 Å². The minimum Gasteiger partial charge on any atom is -0.449 e. The number of carbonyl (C=O) groups excluding carboxylic acids is 2. The first-order chi connectivity index (χ1) is 11.0. The molecule has 1 amide bonds. The number of carbonyl (C=O) groups is 2. The highest BCUT2D eigenvalue weighted by molar-refractivity contribution is 5.98. The minimum absolute atomic E-state index is 0.0912. The number of aliphatic hydroxyl groups is 1. The van der Waals surface area contributed by atoms with Gasteiger partial charge in [0.25, 0.3) is 5.91 Å². The Hall–Kier alpha value is -2.66. The van der Waals surface area contributed by atoms with E-state index in [9.17, 15) is 9.59 Å². The second-order valence-electron chi connectivity index (χ2n) is 5.14. The maximum Gasteiger partial charge on any atom is 0.338 e. The molecule has 0 spiro atoms. The molecule has 5 heteroatoms. The van der Waals surface area contributed by atoms with Gasteiger partial charge in [0.05, 0.1) is 12.2 Å². The van der Waals surface area contributed by atoms with E-state index in [0.29, 0.717) is 11.1 Å². The van der Waals surface area contributed by atoms with Gasteiger partial charge in [-0.25, -0.2) is 4.79 Å². The summed E-state index contributed by atoms with van der Waals surface area (Å²) in [4.78, 5) is 25.8. The van der Waals surface area contributed by atoms with E-state index in [4.69, 9.17) is 9.84 Å². The lowest BCUT2D eigenvalue weighted by Crippen LogP contribution is -2.37. The van der Waals surface area contributed by atoms with Crippen LogP contribution in [0.15, 0.2) is 54.6 Å². The van der Waals surface area contributed by atoms with E-state index < -0.39 is 12.1 Å². The SMILES string of the molecule is CC(OC(=O)c1ccc(CO)cc1)C(=O)N(C)c1ccccc1. The Labute approximate surface area is 135 Å². The molecule has 0 saturated carbocycles. The van der Waals surface area contributed by atoms with Crippen molar-refractivity contribution < 1.29 is 19.4 Å². The Morgan fingerprint density at radius 1 is 1.09 bits per heavy atom. The first-order valence-electron chi connectivity index (χ1n) is 7.26. The highest BCUT2D eigenvalue weighted by Gasteiger charge is 2.23. The van der Waals surface area contributed by atoms with Crippen LogP contribution in [0.5, 0.6) is 0 Å². The lowest BCUT2D eigenvalue weighted by atomic mass is 10.1. The summed E-state index contributed by atoms with van der Waals surface area (Å²) in [6.45, 7) is 1.45. The van der Waals surface area contributed by atoms with Gasteiger partial charge in [0.15, 0.2) is 6.10 Å². The Bertz CT molecular complexity index is 667. The molecule has 0 radical (unpaired) electrons. The smallest absolute Gasteiger partial charge is 0.338 e. The van der Waals surface area contributed by atoms with Gasteiger partial charge in [-0.05, 0) is 36.8 Å². The Kier molecular flexibility index (Phi) is 5.49. The number of hydrogen-bond donors (Lipinski definition) is 1. The predicted octanol–water partition coefficient (Wildman–Crippen LogP) is 2.39. The van der Waals surface area contributed by atoms with Crippen molar-refractivity contribution >= 4 is 17.6 Å². The third kappa shape index (κ3) is 4.17. The fraction of sp³-hybridized carbons (Fsp3) is 0.222. The van der Waals surface area contributed by atoms with Crippen LogP contribution in [0.4, 0.5) is 5.69 Å². The van der Waals surface area contributed by atoms with E-state index >= 15 is 0 Å². The van der Waals surface area contributed by atoms with Crippen LogP contribution < -0.4 is 4.90 Å². The van der Waals surface area contributed by atoms with E-state index in [1.165, 1.54) is 4.90 Å². The molecule has 23 heavy (non-hydrogen) atoms. The lowest BCUT2D eigenvalue weighted by Gasteiger charge is -2.21. The van der Waals surface area contributed by atoms with Crippen molar-refractivity contribution in [1.29, 1.82) is 0 Å². The van der Waals surface area contributed by atoms with Crippen LogP contribution in [0.2, 0.25) is 0 Å². The van der Waals surface area contributed by atoms with E-state index in [2.05, 4.69) is 0 Å². The second-order valence-corrected chi connectivity index (χ2v) is 5.14. The zero-order valence-corrected chi connectivity index (χ0v) is 13.1. The quantitative estimate of drug-likeness (QED) is 0.861. The van der Waals surface area contributed by atoms with E-state index in [-0.39, 0.29) is 12.5 Å². The second kappa shape index (κ2) is 7.56. The van der Waals surface area contributed by atoms with Gasteiger partial charge in [-0.2, -0.15) is 0 Å². The molecular formula is C18H19NO4. The van der Waals surface area contributed by atoms with Crippen LogP contribution in [-0.2, 0) is 16.1 Å². The molecule has 120 valence electrons. The number of likely N-dealkylation sites (N-methyl/N-ethyl adjacent to an activating group) is 1. The molecule has 1 unspecified atom stereocenters. The molecule has 0 bridgehead atoms. The molecule has 1 N–H and O–H groups in total. The monoisotopic (exact) mass is 313 g/mol. The summed E-state index contributed by atoms with van der Waals surface area (Å²) in [5.41, 5.74) is 1.77. The third-order valence-corrected chi connectivity index (χ3v) is 3.48. The molecule has 2 aromatic carbocycles. The maximum absolute atomic E-state index is 12.3. The van der Waals surface area contributed by atoms with Crippen LogP contribution in [0.25, 0.3) is 0 Å². The summed E-state index contributed by atoms with van der Waals surface area (Å²) >= 11 is 0. The normalized spacial score (nSPS) is 11.6. The van der Waals surface area contributed by atoms with Crippen LogP contribution in [-0.4, -0.2) is 30.1 Å². The van der Waals surface area contributed by atoms with Crippen molar-refractivity contribution in [2.75, 3.05) is 11.9 Å². The molecule has 0 fully saturated rings. The molecule has 0 saturated heterocycles. The molecule has 0 aromatic heterocycles. The Morgan fingerprint density at radius 3 is 2.26 bits per heavy atom. The highest BCUT2D eigenvalue weighted by atomic mass is 16.5. The molecular weight excluding hydrogens is 294 g/mol. The van der Waals surface area contributed by atoms with Gasteiger partial charge in [-0.1, -0.05) is 30.3 Å². The van der Waals surface area contributed by atoms with Crippen molar-refractivity contribution in [2.45, 2.75) is 19.6 Å². The number of aliphatic hydroxyl groups excluding tert-OH is 1. The number of ether oxygens (including phenoxy) is 1. The molecule has 2 aromatic rings. The molecule has 5 nitrogen and oxygen atoms in total. The first kappa shape index (κ1) is 16.7. The number of esters is 1. The van der Waals surface area contributed by atoms with Crippen LogP contribution >= 0.6 is 0 Å². The summed E-state index contributed by atoms with van der Waals surface area (Å²) < 4.78 is 5.22. The van der Waals surface area contributed by atoms with Gasteiger partial charge in [-0.15, -0.1) is 0 Å². The van der Waals surface area contributed by atoms with Crippen LogP contribution in [0, 0.1) is 0 Å². The minimum atomic E-state index is -0.898. The summed E-state index contributed by atoms with van der Waals surface area (Å²) in [5.74, 6) is -0.881. The van der Waals surface area contributed by atoms with Crippen LogP contribution in [0.3, 0.4) is 0 Å². The number of benzene rings is 2. The zero-order valence-electron chi connectivity index (χ0n) is 13.1. The fourth-order valence-corrected chi connectivity index (χ4v) is 2.08. The lowest BCUT2D eigenvalue weighted by molar-refractivity contribution is -0.126. The number of para-hydroxylation sites is 1. The highest BCUT2D eigenvalue weighted by Crippen LogP contribution is 2.14. The number of nitrogens with zero attached hydrogens (tertiary/aromatic N) is 1. The van der Waals surface area contributed by atoms with Gasteiger partial charge in [0.2, 0.25) is 0 Å². The van der Waals surface area contributed by atoms with E-state index in [1.54, 1.807) is 50.4 Å². The van der Waals surface area contributed by atoms with Crippen LogP contribution in [0.1, 0.15) is 22.8 Å². The number of hydrogen-bond acceptors (Lipinski definition) is 4. The number of anilines is 1. The van der Waals surface area contributed by atoms with Gasteiger partial charge >= 0.3 is 5.97 Å². The molecule has 0 aliphatic heterocycles.